The molecule has 0 aliphatic carbocycles. The number of aromatic nitrogens is 1. The normalized spacial score (nSPS) is 11.1. The summed E-state index contributed by atoms with van der Waals surface area (Å²) in [6.45, 7) is 6.22. The number of rotatable bonds is 7. The largest absolute Gasteiger partial charge is 0.494 e. The van der Waals surface area contributed by atoms with Gasteiger partial charge >= 0.3 is 0 Å². The smallest absolute Gasteiger partial charge is 0.203 e. The van der Waals surface area contributed by atoms with Crippen molar-refractivity contribution in [1.29, 1.82) is 0 Å². The summed E-state index contributed by atoms with van der Waals surface area (Å²) in [5.74, 6) is 0.844. The van der Waals surface area contributed by atoms with Gasteiger partial charge in [-0.3, -0.25) is 4.79 Å². The van der Waals surface area contributed by atoms with Crippen molar-refractivity contribution >= 4 is 27.3 Å². The molecule has 4 nitrogen and oxygen atoms in total. The van der Waals surface area contributed by atoms with E-state index in [0.717, 1.165) is 33.8 Å². The lowest BCUT2D eigenvalue weighted by atomic mass is 10.1. The standard InChI is InChI=1S/C19H22N2O2S/c1-3-23-16-7-5-14(6-8-16)18(22)17-12-15-11-13(2)21(10-4-9-20)19(15)24-17/h5-8,11-12H,3-4,9-10,20H2,1-2H3. The number of thiophene rings is 1. The van der Waals surface area contributed by atoms with Crippen molar-refractivity contribution in [3.8, 4) is 5.75 Å². The summed E-state index contributed by atoms with van der Waals surface area (Å²) in [7, 11) is 0. The summed E-state index contributed by atoms with van der Waals surface area (Å²) in [6.07, 6.45) is 0.935. The number of benzene rings is 1. The van der Waals surface area contributed by atoms with Gasteiger partial charge in [0, 0.05) is 23.2 Å². The van der Waals surface area contributed by atoms with Gasteiger partial charge in [0.25, 0.3) is 0 Å². The first-order valence-corrected chi connectivity index (χ1v) is 9.03. The Bertz CT molecular complexity index is 846. The van der Waals surface area contributed by atoms with Crippen molar-refractivity contribution in [2.24, 2.45) is 5.73 Å². The van der Waals surface area contributed by atoms with E-state index in [9.17, 15) is 4.79 Å². The van der Waals surface area contributed by atoms with E-state index in [1.807, 2.05) is 37.3 Å². The summed E-state index contributed by atoms with van der Waals surface area (Å²) in [6, 6.07) is 11.5. The second-order valence-corrected chi connectivity index (χ2v) is 6.77. The Morgan fingerprint density at radius 1 is 1.25 bits per heavy atom. The molecule has 2 aromatic heterocycles. The second kappa shape index (κ2) is 7.20. The van der Waals surface area contributed by atoms with E-state index in [2.05, 4.69) is 17.6 Å². The monoisotopic (exact) mass is 342 g/mol. The minimum absolute atomic E-state index is 0.0577. The van der Waals surface area contributed by atoms with E-state index in [1.165, 1.54) is 5.69 Å². The summed E-state index contributed by atoms with van der Waals surface area (Å²) >= 11 is 1.55. The van der Waals surface area contributed by atoms with E-state index in [0.29, 0.717) is 18.7 Å². The molecule has 3 aromatic rings. The van der Waals surface area contributed by atoms with Crippen LogP contribution in [0.3, 0.4) is 0 Å². The number of carbonyl (C=O) groups excluding carboxylic acids is 1. The van der Waals surface area contributed by atoms with Crippen molar-refractivity contribution in [3.05, 3.63) is 52.5 Å². The number of nitrogens with two attached hydrogens (primary N) is 1. The van der Waals surface area contributed by atoms with Crippen molar-refractivity contribution in [2.45, 2.75) is 26.8 Å². The molecule has 0 unspecified atom stereocenters. The third-order valence-electron chi connectivity index (χ3n) is 4.01. The molecule has 0 saturated carbocycles. The van der Waals surface area contributed by atoms with Crippen LogP contribution in [-0.4, -0.2) is 23.5 Å². The first-order chi connectivity index (χ1) is 11.6. The quantitative estimate of drug-likeness (QED) is 0.661. The van der Waals surface area contributed by atoms with E-state index in [1.54, 1.807) is 11.3 Å². The van der Waals surface area contributed by atoms with Crippen LogP contribution in [0.1, 0.15) is 34.3 Å². The first kappa shape index (κ1) is 16.7. The van der Waals surface area contributed by atoms with Crippen LogP contribution < -0.4 is 10.5 Å². The predicted octanol–water partition coefficient (Wildman–Crippen LogP) is 3.99. The zero-order chi connectivity index (χ0) is 17.1. The van der Waals surface area contributed by atoms with Crippen molar-refractivity contribution in [2.75, 3.05) is 13.2 Å². The molecule has 0 spiro atoms. The van der Waals surface area contributed by atoms with Crippen LogP contribution >= 0.6 is 11.3 Å². The zero-order valence-corrected chi connectivity index (χ0v) is 14.9. The van der Waals surface area contributed by atoms with E-state index < -0.39 is 0 Å². The molecule has 0 amide bonds. The average molecular weight is 342 g/mol. The Labute approximate surface area is 145 Å². The Morgan fingerprint density at radius 2 is 2.00 bits per heavy atom. The summed E-state index contributed by atoms with van der Waals surface area (Å²) in [4.78, 5) is 14.7. The van der Waals surface area contributed by atoms with Gasteiger partial charge in [-0.25, -0.2) is 0 Å². The van der Waals surface area contributed by atoms with E-state index in [-0.39, 0.29) is 5.78 Å². The molecule has 0 bridgehead atoms. The van der Waals surface area contributed by atoms with Gasteiger partial charge in [-0.1, -0.05) is 0 Å². The highest BCUT2D eigenvalue weighted by atomic mass is 32.1. The second-order valence-electron chi connectivity index (χ2n) is 5.74. The van der Waals surface area contributed by atoms with Gasteiger partial charge in [0.1, 0.15) is 10.6 Å². The third-order valence-corrected chi connectivity index (χ3v) is 5.19. The molecule has 24 heavy (non-hydrogen) atoms. The molecule has 2 N–H and O–H groups in total. The number of fused-ring (bicyclic) bond motifs is 1. The number of hydrogen-bond donors (Lipinski definition) is 1. The highest BCUT2D eigenvalue weighted by Crippen LogP contribution is 2.31. The highest BCUT2D eigenvalue weighted by Gasteiger charge is 2.16. The number of nitrogens with zero attached hydrogens (tertiary/aromatic N) is 1. The summed E-state index contributed by atoms with van der Waals surface area (Å²) in [5, 5.41) is 1.13. The molecule has 0 atom stereocenters. The van der Waals surface area contributed by atoms with Gasteiger partial charge in [0.15, 0.2) is 0 Å². The lowest BCUT2D eigenvalue weighted by Crippen LogP contribution is -2.06. The molecule has 0 radical (unpaired) electrons. The summed E-state index contributed by atoms with van der Waals surface area (Å²) < 4.78 is 7.68. The van der Waals surface area contributed by atoms with Gasteiger partial charge in [-0.05, 0) is 63.2 Å². The Hall–Kier alpha value is -2.11. The van der Waals surface area contributed by atoms with Crippen LogP contribution in [-0.2, 0) is 6.54 Å². The van der Waals surface area contributed by atoms with E-state index in [4.69, 9.17) is 10.5 Å². The minimum atomic E-state index is 0.0577. The number of carbonyl (C=O) groups is 1. The van der Waals surface area contributed by atoms with Crippen LogP contribution in [0.25, 0.3) is 10.2 Å². The SMILES string of the molecule is CCOc1ccc(C(=O)c2cc3cc(C)n(CCCN)c3s2)cc1. The van der Waals surface area contributed by atoms with Crippen molar-refractivity contribution in [3.63, 3.8) is 0 Å². The molecular formula is C19H22N2O2S. The molecule has 1 aromatic carbocycles. The zero-order valence-electron chi connectivity index (χ0n) is 14.0. The lowest BCUT2D eigenvalue weighted by molar-refractivity contribution is 0.104. The Morgan fingerprint density at radius 3 is 2.67 bits per heavy atom. The van der Waals surface area contributed by atoms with Gasteiger partial charge in [-0.15, -0.1) is 11.3 Å². The van der Waals surface area contributed by atoms with Gasteiger partial charge in [0.2, 0.25) is 5.78 Å². The molecule has 2 heterocycles. The van der Waals surface area contributed by atoms with Crippen molar-refractivity contribution in [1.82, 2.24) is 4.57 Å². The van der Waals surface area contributed by atoms with Crippen LogP contribution in [0.5, 0.6) is 5.75 Å². The molecule has 0 aliphatic heterocycles. The molecule has 5 heteroatoms. The fourth-order valence-electron chi connectivity index (χ4n) is 2.82. The number of ketones is 1. The first-order valence-electron chi connectivity index (χ1n) is 8.21. The molecule has 0 fully saturated rings. The fraction of sp³-hybridized carbons (Fsp3) is 0.316. The number of aryl methyl sites for hydroxylation is 2. The fourth-order valence-corrected chi connectivity index (χ4v) is 4.01. The molecule has 0 aliphatic rings. The molecule has 3 rings (SSSR count). The highest BCUT2D eigenvalue weighted by molar-refractivity contribution is 7.20. The van der Waals surface area contributed by atoms with Gasteiger partial charge in [0.05, 0.1) is 11.5 Å². The van der Waals surface area contributed by atoms with E-state index >= 15 is 0 Å². The number of ether oxygens (including phenoxy) is 1. The maximum atomic E-state index is 12.7. The molecule has 0 saturated heterocycles. The molecule has 126 valence electrons. The van der Waals surface area contributed by atoms with Crippen LogP contribution in [0.4, 0.5) is 0 Å². The molecular weight excluding hydrogens is 320 g/mol. The topological polar surface area (TPSA) is 57.2 Å². The average Bonchev–Trinajstić information content (AvgIpc) is 3.11. The maximum Gasteiger partial charge on any atom is 0.203 e. The minimum Gasteiger partial charge on any atom is -0.494 e. The Kier molecular flexibility index (Phi) is 5.02. The Balaban J connectivity index is 1.88. The van der Waals surface area contributed by atoms with Gasteiger partial charge < -0.3 is 15.0 Å². The van der Waals surface area contributed by atoms with Crippen molar-refractivity contribution < 1.29 is 9.53 Å². The summed E-state index contributed by atoms with van der Waals surface area (Å²) in [5.41, 5.74) is 7.53. The van der Waals surface area contributed by atoms with Crippen LogP contribution in [0.2, 0.25) is 0 Å². The third kappa shape index (κ3) is 3.23. The van der Waals surface area contributed by atoms with Gasteiger partial charge in [-0.2, -0.15) is 0 Å². The maximum absolute atomic E-state index is 12.7. The predicted molar refractivity (Wildman–Crippen MR) is 99.3 cm³/mol. The van der Waals surface area contributed by atoms with Crippen LogP contribution in [0.15, 0.2) is 36.4 Å². The number of hydrogen-bond acceptors (Lipinski definition) is 4. The van der Waals surface area contributed by atoms with Crippen LogP contribution in [0, 0.1) is 6.92 Å². The lowest BCUT2D eigenvalue weighted by Gasteiger charge is -2.05.